The number of anilines is 4. The summed E-state index contributed by atoms with van der Waals surface area (Å²) >= 11 is 0. The third-order valence-electron chi connectivity index (χ3n) is 6.73. The molecule has 5 rings (SSSR count). The minimum atomic E-state index is -0.761. The van der Waals surface area contributed by atoms with E-state index in [0.29, 0.717) is 23.0 Å². The van der Waals surface area contributed by atoms with E-state index in [0.717, 1.165) is 37.9 Å². The molecule has 0 atom stereocenters. The molecule has 41 heavy (non-hydrogen) atoms. The number of rotatable bonds is 8. The minimum absolute atomic E-state index is 0.102. The van der Waals surface area contributed by atoms with Crippen LogP contribution in [0, 0.1) is 11.6 Å². The van der Waals surface area contributed by atoms with Crippen molar-refractivity contribution in [2.24, 2.45) is 0 Å². The number of β-amino-alcohol motifs (C(OH)–C–C–N with tert-alkyl or cyclic N) is 1. The highest BCUT2D eigenvalue weighted by molar-refractivity contribution is 5.99. The van der Waals surface area contributed by atoms with Crippen LogP contribution in [0.4, 0.5) is 31.9 Å². The number of nitrogens with zero attached hydrogens (tertiary/aromatic N) is 5. The summed E-state index contributed by atoms with van der Waals surface area (Å²) < 4.78 is 30.3. The lowest BCUT2D eigenvalue weighted by Gasteiger charge is -2.38. The zero-order chi connectivity index (χ0) is 29.1. The van der Waals surface area contributed by atoms with E-state index >= 15 is 8.78 Å². The molecule has 0 unspecified atom stereocenters. The normalized spacial score (nSPS) is 14.2. The number of hydrogen-bond donors (Lipinski definition) is 3. The number of nitrogens with one attached hydrogen (secondary N) is 2. The molecule has 3 heterocycles. The quantitative estimate of drug-likeness (QED) is 0.266. The molecular formula is C30H31F2N7O2. The number of aromatic nitrogens is 3. The molecule has 1 saturated heterocycles. The van der Waals surface area contributed by atoms with Crippen molar-refractivity contribution >= 4 is 40.0 Å². The van der Waals surface area contributed by atoms with Gasteiger partial charge < -0.3 is 20.6 Å². The summed E-state index contributed by atoms with van der Waals surface area (Å²) in [6.45, 7) is 10.6. The number of pyridine rings is 1. The lowest BCUT2D eigenvalue weighted by molar-refractivity contribution is -0.111. The Morgan fingerprint density at radius 2 is 1.85 bits per heavy atom. The highest BCUT2D eigenvalue weighted by Crippen LogP contribution is 2.32. The summed E-state index contributed by atoms with van der Waals surface area (Å²) in [5, 5.41) is 16.1. The minimum Gasteiger partial charge on any atom is -0.389 e. The molecule has 0 bridgehead atoms. The zero-order valence-electron chi connectivity index (χ0n) is 22.9. The van der Waals surface area contributed by atoms with Gasteiger partial charge in [-0.05, 0) is 68.0 Å². The zero-order valence-corrected chi connectivity index (χ0v) is 22.9. The maximum Gasteiger partial charge on any atom is 0.248 e. The molecular weight excluding hydrogens is 528 g/mol. The Hall–Kier alpha value is -4.48. The van der Waals surface area contributed by atoms with Crippen LogP contribution in [0.5, 0.6) is 0 Å². The van der Waals surface area contributed by atoms with Crippen LogP contribution >= 0.6 is 0 Å². The SMILES string of the molecule is C=CC(=O)Nc1cc(-c2c(F)ccc3cnc(Nc4ccc(N5CCN(CC(C)(C)O)CC5)cc4F)nc23)ccn1. The van der Waals surface area contributed by atoms with Crippen molar-refractivity contribution in [1.29, 1.82) is 0 Å². The molecule has 1 fully saturated rings. The van der Waals surface area contributed by atoms with Gasteiger partial charge in [0.25, 0.3) is 0 Å². The Morgan fingerprint density at radius 1 is 1.07 bits per heavy atom. The molecule has 2 aromatic heterocycles. The van der Waals surface area contributed by atoms with Gasteiger partial charge >= 0.3 is 0 Å². The molecule has 9 nitrogen and oxygen atoms in total. The maximum atomic E-state index is 15.2. The number of benzene rings is 2. The van der Waals surface area contributed by atoms with E-state index in [1.54, 1.807) is 32.0 Å². The maximum absolute atomic E-state index is 15.2. The van der Waals surface area contributed by atoms with Gasteiger partial charge in [0.2, 0.25) is 11.9 Å². The first-order valence-electron chi connectivity index (χ1n) is 13.2. The van der Waals surface area contributed by atoms with E-state index in [1.807, 2.05) is 6.07 Å². The molecule has 1 aliphatic heterocycles. The lowest BCUT2D eigenvalue weighted by atomic mass is 10.0. The summed E-state index contributed by atoms with van der Waals surface area (Å²) in [4.78, 5) is 28.9. The average molecular weight is 560 g/mol. The van der Waals surface area contributed by atoms with E-state index in [4.69, 9.17) is 0 Å². The number of halogens is 2. The summed E-state index contributed by atoms with van der Waals surface area (Å²) in [6.07, 6.45) is 4.11. The molecule has 212 valence electrons. The number of aliphatic hydroxyl groups is 1. The van der Waals surface area contributed by atoms with Crippen molar-refractivity contribution in [3.8, 4) is 11.1 Å². The summed E-state index contributed by atoms with van der Waals surface area (Å²) in [7, 11) is 0. The van der Waals surface area contributed by atoms with Crippen molar-refractivity contribution in [3.63, 3.8) is 0 Å². The van der Waals surface area contributed by atoms with E-state index in [-0.39, 0.29) is 23.0 Å². The van der Waals surface area contributed by atoms with E-state index in [2.05, 4.69) is 42.0 Å². The van der Waals surface area contributed by atoms with Crippen molar-refractivity contribution in [1.82, 2.24) is 19.9 Å². The first kappa shape index (κ1) is 28.1. The molecule has 1 amide bonds. The fourth-order valence-corrected chi connectivity index (χ4v) is 4.87. The van der Waals surface area contributed by atoms with E-state index in [1.165, 1.54) is 30.6 Å². The number of amides is 1. The monoisotopic (exact) mass is 559 g/mol. The number of carbonyl (C=O) groups is 1. The average Bonchev–Trinajstić information content (AvgIpc) is 2.93. The van der Waals surface area contributed by atoms with Gasteiger partial charge in [-0.25, -0.2) is 23.7 Å². The number of fused-ring (bicyclic) bond motifs is 1. The molecule has 2 aromatic carbocycles. The number of piperazine rings is 1. The van der Waals surface area contributed by atoms with Crippen molar-refractivity contribution in [2.75, 3.05) is 48.3 Å². The smallest absolute Gasteiger partial charge is 0.248 e. The van der Waals surface area contributed by atoms with Gasteiger partial charge in [-0.1, -0.05) is 6.58 Å². The molecule has 0 radical (unpaired) electrons. The van der Waals surface area contributed by atoms with Crippen molar-refractivity contribution < 1.29 is 18.7 Å². The highest BCUT2D eigenvalue weighted by atomic mass is 19.1. The van der Waals surface area contributed by atoms with Gasteiger partial charge in [0.1, 0.15) is 17.5 Å². The predicted octanol–water partition coefficient (Wildman–Crippen LogP) is 4.73. The van der Waals surface area contributed by atoms with Crippen LogP contribution in [-0.4, -0.2) is 69.2 Å². The molecule has 0 saturated carbocycles. The van der Waals surface area contributed by atoms with E-state index in [9.17, 15) is 9.90 Å². The number of hydrogen-bond acceptors (Lipinski definition) is 8. The van der Waals surface area contributed by atoms with Gasteiger partial charge in [0, 0.05) is 61.8 Å². The van der Waals surface area contributed by atoms with Crippen LogP contribution in [0.1, 0.15) is 13.8 Å². The van der Waals surface area contributed by atoms with Crippen LogP contribution in [0.3, 0.4) is 0 Å². The largest absolute Gasteiger partial charge is 0.389 e. The van der Waals surface area contributed by atoms with Crippen LogP contribution in [0.25, 0.3) is 22.0 Å². The van der Waals surface area contributed by atoms with Gasteiger partial charge in [-0.2, -0.15) is 0 Å². The van der Waals surface area contributed by atoms with Crippen LogP contribution in [0.15, 0.2) is 67.5 Å². The summed E-state index contributed by atoms with van der Waals surface area (Å²) in [6, 6.07) is 11.0. The van der Waals surface area contributed by atoms with Gasteiger partial charge in [-0.3, -0.25) is 9.69 Å². The molecule has 0 spiro atoms. The molecule has 0 aliphatic carbocycles. The van der Waals surface area contributed by atoms with Crippen molar-refractivity contribution in [2.45, 2.75) is 19.4 Å². The highest BCUT2D eigenvalue weighted by Gasteiger charge is 2.23. The lowest BCUT2D eigenvalue weighted by Crippen LogP contribution is -2.50. The first-order chi connectivity index (χ1) is 19.6. The first-order valence-corrected chi connectivity index (χ1v) is 13.2. The summed E-state index contributed by atoms with van der Waals surface area (Å²) in [5.74, 6) is -1.10. The Kier molecular flexibility index (Phi) is 7.91. The Balaban J connectivity index is 1.37. The van der Waals surface area contributed by atoms with E-state index < -0.39 is 23.1 Å². The van der Waals surface area contributed by atoms with Crippen LogP contribution in [-0.2, 0) is 4.79 Å². The standard InChI is InChI=1S/C30H31F2N7O2/c1-4-26(40)36-25-15-19(9-10-33-25)27-22(31)7-5-20-17-34-29(37-28(20)27)35-24-8-6-21(16-23(24)32)39-13-11-38(12-14-39)18-30(2,3)41/h4-10,15-17,41H,1,11-14,18H2,2-3H3,(H,33,36,40)(H,34,35,37). The summed E-state index contributed by atoms with van der Waals surface area (Å²) in [5.41, 5.74) is 1.15. The Morgan fingerprint density at radius 3 is 2.56 bits per heavy atom. The topological polar surface area (TPSA) is 107 Å². The van der Waals surface area contributed by atoms with Crippen LogP contribution < -0.4 is 15.5 Å². The predicted molar refractivity (Wildman–Crippen MR) is 156 cm³/mol. The Labute approximate surface area is 236 Å². The molecule has 1 aliphatic rings. The molecule has 3 N–H and O–H groups in total. The molecule has 4 aromatic rings. The second kappa shape index (κ2) is 11.6. The third-order valence-corrected chi connectivity index (χ3v) is 6.73. The van der Waals surface area contributed by atoms with Crippen LogP contribution in [0.2, 0.25) is 0 Å². The van der Waals surface area contributed by atoms with Gasteiger partial charge in [-0.15, -0.1) is 0 Å². The number of carbonyl (C=O) groups excluding carboxylic acids is 1. The van der Waals surface area contributed by atoms with Crippen molar-refractivity contribution in [3.05, 3.63) is 79.1 Å². The Bertz CT molecular complexity index is 1600. The third kappa shape index (κ3) is 6.64. The second-order valence-electron chi connectivity index (χ2n) is 10.5. The fourth-order valence-electron chi connectivity index (χ4n) is 4.87. The molecule has 11 heteroatoms. The second-order valence-corrected chi connectivity index (χ2v) is 10.5. The van der Waals surface area contributed by atoms with Gasteiger partial charge in [0.15, 0.2) is 0 Å². The van der Waals surface area contributed by atoms with Gasteiger partial charge in [0.05, 0.1) is 16.8 Å². The fraction of sp³-hybridized carbons (Fsp3) is 0.267.